The summed E-state index contributed by atoms with van der Waals surface area (Å²) < 4.78 is 38.5. The number of alkyl halides is 3. The molecule has 2 N–H and O–H groups in total. The number of aliphatic imine (C=N–C) groups is 1. The molecule has 0 radical (unpaired) electrons. The molecule has 0 aromatic heterocycles. The van der Waals surface area contributed by atoms with Gasteiger partial charge < -0.3 is 15.5 Å². The molecule has 1 atom stereocenters. The van der Waals surface area contributed by atoms with Gasteiger partial charge in [-0.05, 0) is 31.2 Å². The lowest BCUT2D eigenvalue weighted by Gasteiger charge is -2.39. The van der Waals surface area contributed by atoms with E-state index in [2.05, 4.69) is 15.6 Å². The first-order valence-electron chi connectivity index (χ1n) is 9.02. The molecule has 1 saturated heterocycles. The van der Waals surface area contributed by atoms with Crippen LogP contribution < -0.4 is 10.6 Å². The third-order valence-electron chi connectivity index (χ3n) is 4.65. The van der Waals surface area contributed by atoms with E-state index < -0.39 is 12.2 Å². The molecule has 29 heavy (non-hydrogen) atoms. The van der Waals surface area contributed by atoms with E-state index in [1.165, 1.54) is 11.8 Å². The Labute approximate surface area is 190 Å². The van der Waals surface area contributed by atoms with Crippen molar-refractivity contribution in [1.82, 2.24) is 20.4 Å². The van der Waals surface area contributed by atoms with Crippen molar-refractivity contribution in [3.8, 4) is 0 Å². The van der Waals surface area contributed by atoms with Crippen molar-refractivity contribution in [2.24, 2.45) is 4.99 Å². The van der Waals surface area contributed by atoms with Crippen LogP contribution >= 0.6 is 35.6 Å². The summed E-state index contributed by atoms with van der Waals surface area (Å²) in [5.41, 5.74) is 0.517. The van der Waals surface area contributed by atoms with Gasteiger partial charge in [0.15, 0.2) is 5.96 Å². The number of carbonyl (C=O) groups is 1. The Morgan fingerprint density at radius 1 is 1.14 bits per heavy atom. The van der Waals surface area contributed by atoms with E-state index >= 15 is 0 Å². The maximum absolute atomic E-state index is 12.8. The zero-order chi connectivity index (χ0) is 20.7. The molecule has 1 unspecified atom stereocenters. The second-order valence-electron chi connectivity index (χ2n) is 6.48. The fraction of sp³-hybridized carbons (Fsp3) is 0.556. The minimum absolute atomic E-state index is 0. The van der Waals surface area contributed by atoms with Crippen LogP contribution in [-0.2, 0) is 0 Å². The van der Waals surface area contributed by atoms with Gasteiger partial charge in [-0.3, -0.25) is 14.7 Å². The molecule has 0 bridgehead atoms. The highest BCUT2D eigenvalue weighted by atomic mass is 127. The summed E-state index contributed by atoms with van der Waals surface area (Å²) in [7, 11) is 1.62. The maximum Gasteiger partial charge on any atom is 0.403 e. The van der Waals surface area contributed by atoms with E-state index in [1.807, 2.05) is 4.90 Å². The quantitative estimate of drug-likeness (QED) is 0.258. The fourth-order valence-corrected chi connectivity index (χ4v) is 3.04. The van der Waals surface area contributed by atoms with E-state index in [1.54, 1.807) is 31.3 Å². The smallest absolute Gasteiger partial charge is 0.354 e. The zero-order valence-corrected chi connectivity index (χ0v) is 19.4. The molecule has 1 aromatic rings. The van der Waals surface area contributed by atoms with Gasteiger partial charge in [-0.15, -0.1) is 24.0 Å². The first-order valence-corrected chi connectivity index (χ1v) is 9.40. The molecule has 1 heterocycles. The summed E-state index contributed by atoms with van der Waals surface area (Å²) in [6, 6.07) is 5.13. The number of halogens is 5. The first kappa shape index (κ1) is 25.8. The van der Waals surface area contributed by atoms with Crippen LogP contribution in [0.4, 0.5) is 13.2 Å². The zero-order valence-electron chi connectivity index (χ0n) is 16.3. The van der Waals surface area contributed by atoms with Crippen molar-refractivity contribution >= 4 is 47.4 Å². The highest BCUT2D eigenvalue weighted by molar-refractivity contribution is 14.0. The Bertz CT molecular complexity index is 679. The molecular formula is C18H26ClF3IN5O. The van der Waals surface area contributed by atoms with Crippen LogP contribution in [0.2, 0.25) is 5.02 Å². The predicted molar refractivity (Wildman–Crippen MR) is 119 cm³/mol. The molecule has 1 aromatic carbocycles. The topological polar surface area (TPSA) is 60.0 Å². The van der Waals surface area contributed by atoms with Crippen molar-refractivity contribution in [2.75, 3.05) is 46.3 Å². The Balaban J connectivity index is 0.00000420. The third kappa shape index (κ3) is 7.82. The number of nitrogens with zero attached hydrogens (tertiary/aromatic N) is 3. The molecule has 1 aliphatic heterocycles. The van der Waals surface area contributed by atoms with Crippen LogP contribution in [0.25, 0.3) is 0 Å². The fourth-order valence-electron chi connectivity index (χ4n) is 2.91. The summed E-state index contributed by atoms with van der Waals surface area (Å²) in [6.07, 6.45) is -4.22. The lowest BCUT2D eigenvalue weighted by molar-refractivity contribution is -0.181. The number of hydrogen-bond donors (Lipinski definition) is 2. The molecule has 2 rings (SSSR count). The number of rotatable bonds is 5. The average Bonchev–Trinajstić information content (AvgIpc) is 2.67. The molecule has 11 heteroatoms. The number of nitrogens with one attached hydrogen (secondary N) is 2. The molecular weight excluding hydrogens is 522 g/mol. The number of amides is 1. The molecule has 164 valence electrons. The van der Waals surface area contributed by atoms with Gasteiger partial charge >= 0.3 is 6.18 Å². The van der Waals surface area contributed by atoms with Gasteiger partial charge in [-0.1, -0.05) is 11.6 Å². The summed E-state index contributed by atoms with van der Waals surface area (Å²) >= 11 is 5.80. The second kappa shape index (κ2) is 11.8. The van der Waals surface area contributed by atoms with Crippen LogP contribution in [0, 0.1) is 0 Å². The maximum atomic E-state index is 12.8. The molecule has 0 saturated carbocycles. The van der Waals surface area contributed by atoms with Gasteiger partial charge in [0.1, 0.15) is 6.04 Å². The predicted octanol–water partition coefficient (Wildman–Crippen LogP) is 2.83. The minimum atomic E-state index is -4.22. The lowest BCUT2D eigenvalue weighted by atomic mass is 10.2. The van der Waals surface area contributed by atoms with E-state index in [-0.39, 0.29) is 29.9 Å². The van der Waals surface area contributed by atoms with Crippen molar-refractivity contribution in [3.63, 3.8) is 0 Å². The number of guanidine groups is 1. The largest absolute Gasteiger partial charge is 0.403 e. The SMILES string of the molecule is CN=C(NCCNC(=O)c1ccc(Cl)cc1)N1CCN(C(C)C(F)(F)F)CC1.I. The molecule has 0 aliphatic carbocycles. The lowest BCUT2D eigenvalue weighted by Crippen LogP contribution is -2.57. The van der Waals surface area contributed by atoms with Gasteiger partial charge in [-0.2, -0.15) is 13.2 Å². The van der Waals surface area contributed by atoms with Crippen molar-refractivity contribution in [1.29, 1.82) is 0 Å². The monoisotopic (exact) mass is 547 g/mol. The Hall–Kier alpha value is -1.27. The Morgan fingerprint density at radius 2 is 1.69 bits per heavy atom. The van der Waals surface area contributed by atoms with E-state index in [0.29, 0.717) is 55.8 Å². The number of hydrogen-bond acceptors (Lipinski definition) is 3. The van der Waals surface area contributed by atoms with Crippen molar-refractivity contribution < 1.29 is 18.0 Å². The minimum Gasteiger partial charge on any atom is -0.354 e. The molecule has 1 fully saturated rings. The summed E-state index contributed by atoms with van der Waals surface area (Å²) in [4.78, 5) is 19.6. The van der Waals surface area contributed by atoms with Gasteiger partial charge in [-0.25, -0.2) is 0 Å². The molecule has 6 nitrogen and oxygen atoms in total. The first-order chi connectivity index (χ1) is 13.2. The van der Waals surface area contributed by atoms with Gasteiger partial charge in [0, 0.05) is 56.9 Å². The van der Waals surface area contributed by atoms with E-state index in [4.69, 9.17) is 11.6 Å². The van der Waals surface area contributed by atoms with Crippen LogP contribution in [0.5, 0.6) is 0 Å². The Morgan fingerprint density at radius 3 is 2.21 bits per heavy atom. The Kier molecular flexibility index (Phi) is 10.5. The summed E-state index contributed by atoms with van der Waals surface area (Å²) in [5, 5.41) is 6.48. The standard InChI is InChI=1S/C18H25ClF3N5O.HI/c1-13(18(20,21)22)26-9-11-27(12-10-26)17(23-2)25-8-7-24-16(28)14-3-5-15(19)6-4-14;/h3-6,13H,7-12H2,1-2H3,(H,23,25)(H,24,28);1H. The van der Waals surface area contributed by atoms with Crippen LogP contribution in [-0.4, -0.2) is 80.2 Å². The van der Waals surface area contributed by atoms with Crippen LogP contribution in [0.3, 0.4) is 0 Å². The van der Waals surface area contributed by atoms with Gasteiger partial charge in [0.05, 0.1) is 0 Å². The second-order valence-corrected chi connectivity index (χ2v) is 6.91. The number of benzene rings is 1. The number of piperazine rings is 1. The average molecular weight is 548 g/mol. The van der Waals surface area contributed by atoms with E-state index in [0.717, 1.165) is 0 Å². The highest BCUT2D eigenvalue weighted by Gasteiger charge is 2.41. The third-order valence-corrected chi connectivity index (χ3v) is 4.90. The van der Waals surface area contributed by atoms with Crippen molar-refractivity contribution in [2.45, 2.75) is 19.1 Å². The molecule has 1 aliphatic rings. The molecule has 1 amide bonds. The highest BCUT2D eigenvalue weighted by Crippen LogP contribution is 2.25. The molecule has 0 spiro atoms. The van der Waals surface area contributed by atoms with Crippen LogP contribution in [0.15, 0.2) is 29.3 Å². The van der Waals surface area contributed by atoms with E-state index in [9.17, 15) is 18.0 Å². The van der Waals surface area contributed by atoms with Gasteiger partial charge in [0.2, 0.25) is 0 Å². The number of carbonyl (C=O) groups excluding carboxylic acids is 1. The van der Waals surface area contributed by atoms with Gasteiger partial charge in [0.25, 0.3) is 5.91 Å². The van der Waals surface area contributed by atoms with Crippen LogP contribution in [0.1, 0.15) is 17.3 Å². The summed E-state index contributed by atoms with van der Waals surface area (Å²) in [6.45, 7) is 3.56. The summed E-state index contributed by atoms with van der Waals surface area (Å²) in [5.74, 6) is 0.406. The normalized spacial score (nSPS) is 16.8. The van der Waals surface area contributed by atoms with Crippen molar-refractivity contribution in [3.05, 3.63) is 34.9 Å².